The van der Waals surface area contributed by atoms with Gasteiger partial charge >= 0.3 is 5.97 Å². The van der Waals surface area contributed by atoms with E-state index in [2.05, 4.69) is 30.3 Å². The summed E-state index contributed by atoms with van der Waals surface area (Å²) in [5.41, 5.74) is 4.03. The monoisotopic (exact) mass is 553 g/mol. The lowest BCUT2D eigenvalue weighted by atomic mass is 10.1. The predicted molar refractivity (Wildman–Crippen MR) is 151 cm³/mol. The van der Waals surface area contributed by atoms with Crippen LogP contribution in [0.5, 0.6) is 5.75 Å². The normalized spacial score (nSPS) is 16.1. The third-order valence-electron chi connectivity index (χ3n) is 6.51. The molecule has 3 aromatic rings. The SMILES string of the molecule is O=C(Oc1ccc(/C=N\Nc2nc(N3CCCCC3)nc(N3CCCCC3)n2)cc1)c1ccc(Cl)cc1Cl. The van der Waals surface area contributed by atoms with Crippen molar-refractivity contribution in [3.63, 3.8) is 0 Å². The molecule has 0 amide bonds. The van der Waals surface area contributed by atoms with Gasteiger partial charge in [-0.05, 0) is 86.6 Å². The summed E-state index contributed by atoms with van der Waals surface area (Å²) >= 11 is 12.0. The first-order valence-electron chi connectivity index (χ1n) is 12.9. The molecule has 1 N–H and O–H groups in total. The zero-order valence-electron chi connectivity index (χ0n) is 20.9. The number of carbonyl (C=O) groups excluding carboxylic acids is 1. The predicted octanol–water partition coefficient (Wildman–Crippen LogP) is 5.82. The fourth-order valence-corrected chi connectivity index (χ4v) is 4.96. The molecule has 0 spiro atoms. The molecule has 0 radical (unpaired) electrons. The van der Waals surface area contributed by atoms with Crippen LogP contribution in [0.1, 0.15) is 54.4 Å². The molecule has 5 rings (SSSR count). The van der Waals surface area contributed by atoms with E-state index in [1.54, 1.807) is 36.5 Å². The minimum atomic E-state index is -0.557. The number of rotatable bonds is 7. The topological polar surface area (TPSA) is 95.8 Å². The van der Waals surface area contributed by atoms with Crippen LogP contribution in [0.25, 0.3) is 0 Å². The van der Waals surface area contributed by atoms with Gasteiger partial charge in [-0.1, -0.05) is 23.2 Å². The van der Waals surface area contributed by atoms with Crippen molar-refractivity contribution in [1.29, 1.82) is 0 Å². The number of nitrogens with zero attached hydrogens (tertiary/aromatic N) is 6. The number of halogens is 2. The molecule has 9 nitrogen and oxygen atoms in total. The molecule has 3 heterocycles. The Morgan fingerprint density at radius 3 is 2.03 bits per heavy atom. The molecule has 0 unspecified atom stereocenters. The maximum Gasteiger partial charge on any atom is 0.345 e. The van der Waals surface area contributed by atoms with Gasteiger partial charge in [-0.15, -0.1) is 0 Å². The number of anilines is 3. The number of benzene rings is 2. The van der Waals surface area contributed by atoms with Gasteiger partial charge in [0.25, 0.3) is 0 Å². The van der Waals surface area contributed by atoms with Crippen molar-refractivity contribution in [3.05, 3.63) is 63.6 Å². The summed E-state index contributed by atoms with van der Waals surface area (Å²) in [4.78, 5) is 31.0. The molecule has 0 bridgehead atoms. The minimum absolute atomic E-state index is 0.238. The number of carbonyl (C=O) groups is 1. The maximum atomic E-state index is 12.4. The molecule has 2 aromatic carbocycles. The summed E-state index contributed by atoms with van der Waals surface area (Å²) in [6, 6.07) is 11.6. The van der Waals surface area contributed by atoms with Gasteiger partial charge in [-0.3, -0.25) is 0 Å². The summed E-state index contributed by atoms with van der Waals surface area (Å²) < 4.78 is 5.43. The molecule has 2 aliphatic heterocycles. The fourth-order valence-electron chi connectivity index (χ4n) is 4.48. The van der Waals surface area contributed by atoms with E-state index in [4.69, 9.17) is 32.9 Å². The number of hydrogen-bond donors (Lipinski definition) is 1. The fraction of sp³-hybridized carbons (Fsp3) is 0.370. The van der Waals surface area contributed by atoms with Crippen molar-refractivity contribution in [1.82, 2.24) is 15.0 Å². The van der Waals surface area contributed by atoms with E-state index >= 15 is 0 Å². The lowest BCUT2D eigenvalue weighted by Crippen LogP contribution is -2.34. The summed E-state index contributed by atoms with van der Waals surface area (Å²) in [7, 11) is 0. The van der Waals surface area contributed by atoms with Gasteiger partial charge in [0, 0.05) is 31.2 Å². The van der Waals surface area contributed by atoms with Crippen LogP contribution in [0.3, 0.4) is 0 Å². The smallest absolute Gasteiger partial charge is 0.345 e. The molecule has 38 heavy (non-hydrogen) atoms. The standard InChI is InChI=1S/C27H29Cl2N7O2/c28-20-9-12-22(23(29)17-20)24(37)38-21-10-7-19(8-11-21)18-30-34-25-31-26(35-13-3-1-4-14-35)33-27(32-25)36-15-5-2-6-16-36/h7-12,17-18H,1-6,13-16H2,(H,31,32,33,34)/b30-18-. The zero-order valence-corrected chi connectivity index (χ0v) is 22.5. The molecule has 198 valence electrons. The van der Waals surface area contributed by atoms with Crippen molar-refractivity contribution in [2.75, 3.05) is 41.4 Å². The minimum Gasteiger partial charge on any atom is -0.423 e. The Bertz CT molecular complexity index is 1250. The highest BCUT2D eigenvalue weighted by atomic mass is 35.5. The van der Waals surface area contributed by atoms with E-state index in [0.717, 1.165) is 57.4 Å². The third kappa shape index (κ3) is 6.71. The van der Waals surface area contributed by atoms with Crippen LogP contribution in [0.4, 0.5) is 17.8 Å². The molecular weight excluding hydrogens is 525 g/mol. The number of hydrazone groups is 1. The first-order chi connectivity index (χ1) is 18.5. The Kier molecular flexibility index (Phi) is 8.55. The van der Waals surface area contributed by atoms with Crippen molar-refractivity contribution < 1.29 is 9.53 Å². The Morgan fingerprint density at radius 2 is 1.45 bits per heavy atom. The van der Waals surface area contributed by atoms with Crippen molar-refractivity contribution in [2.45, 2.75) is 38.5 Å². The van der Waals surface area contributed by atoms with Gasteiger partial charge in [0.15, 0.2) is 0 Å². The third-order valence-corrected chi connectivity index (χ3v) is 7.06. The molecule has 0 aliphatic carbocycles. The summed E-state index contributed by atoms with van der Waals surface area (Å²) in [6.45, 7) is 3.81. The Balaban J connectivity index is 1.25. The second-order valence-corrected chi connectivity index (χ2v) is 10.2. The van der Waals surface area contributed by atoms with Crippen LogP contribution in [0.2, 0.25) is 10.0 Å². The molecule has 2 aliphatic rings. The van der Waals surface area contributed by atoms with Crippen LogP contribution >= 0.6 is 23.2 Å². The molecule has 0 saturated carbocycles. The van der Waals surface area contributed by atoms with Gasteiger partial charge < -0.3 is 14.5 Å². The Morgan fingerprint density at radius 1 is 0.842 bits per heavy atom. The lowest BCUT2D eigenvalue weighted by Gasteiger charge is -2.30. The van der Waals surface area contributed by atoms with Crippen molar-refractivity contribution in [3.8, 4) is 5.75 Å². The maximum absolute atomic E-state index is 12.4. The average Bonchev–Trinajstić information content (AvgIpc) is 2.95. The molecule has 2 fully saturated rings. The number of esters is 1. The van der Waals surface area contributed by atoms with E-state index in [0.29, 0.717) is 28.6 Å². The Hall–Kier alpha value is -3.43. The van der Waals surface area contributed by atoms with Gasteiger partial charge in [0.2, 0.25) is 17.8 Å². The number of ether oxygens (including phenoxy) is 1. The quantitative estimate of drug-likeness (QED) is 0.169. The molecule has 1 aromatic heterocycles. The van der Waals surface area contributed by atoms with Crippen molar-refractivity contribution in [2.24, 2.45) is 5.10 Å². The summed E-state index contributed by atoms with van der Waals surface area (Å²) in [6.07, 6.45) is 8.71. The van der Waals surface area contributed by atoms with E-state index in [1.807, 2.05) is 0 Å². The Labute approximate surface area is 231 Å². The van der Waals surface area contributed by atoms with Gasteiger partial charge in [0.1, 0.15) is 5.75 Å². The van der Waals surface area contributed by atoms with Crippen LogP contribution in [-0.2, 0) is 0 Å². The van der Waals surface area contributed by atoms with Crippen LogP contribution in [0, 0.1) is 0 Å². The first kappa shape index (κ1) is 26.2. The zero-order chi connectivity index (χ0) is 26.3. The molecular formula is C27H29Cl2N7O2. The van der Waals surface area contributed by atoms with Gasteiger partial charge in [0.05, 0.1) is 16.8 Å². The van der Waals surface area contributed by atoms with E-state index in [9.17, 15) is 4.79 Å². The van der Waals surface area contributed by atoms with Crippen LogP contribution in [-0.4, -0.2) is 53.3 Å². The first-order valence-corrected chi connectivity index (χ1v) is 13.6. The summed E-state index contributed by atoms with van der Waals surface area (Å²) in [5.74, 6) is 1.65. The molecule has 2 saturated heterocycles. The average molecular weight is 554 g/mol. The number of nitrogens with one attached hydrogen (secondary N) is 1. The second-order valence-electron chi connectivity index (χ2n) is 9.31. The van der Waals surface area contributed by atoms with Crippen molar-refractivity contribution >= 4 is 53.2 Å². The number of hydrogen-bond acceptors (Lipinski definition) is 9. The second kappa shape index (κ2) is 12.4. The van der Waals surface area contributed by atoms with E-state index in [1.165, 1.54) is 25.0 Å². The largest absolute Gasteiger partial charge is 0.423 e. The van der Waals surface area contributed by atoms with E-state index in [-0.39, 0.29) is 10.6 Å². The van der Waals surface area contributed by atoms with Crippen LogP contribution < -0.4 is 20.0 Å². The molecule has 11 heteroatoms. The van der Waals surface area contributed by atoms with Gasteiger partial charge in [-0.2, -0.15) is 20.1 Å². The number of piperidine rings is 2. The molecule has 0 atom stereocenters. The summed E-state index contributed by atoms with van der Waals surface area (Å²) in [5, 5.41) is 5.03. The van der Waals surface area contributed by atoms with Gasteiger partial charge in [-0.25, -0.2) is 10.2 Å². The highest BCUT2D eigenvalue weighted by Gasteiger charge is 2.20. The van der Waals surface area contributed by atoms with Crippen LogP contribution in [0.15, 0.2) is 47.6 Å². The number of aromatic nitrogens is 3. The van der Waals surface area contributed by atoms with E-state index < -0.39 is 5.97 Å². The highest BCUT2D eigenvalue weighted by Crippen LogP contribution is 2.24. The highest BCUT2D eigenvalue weighted by molar-refractivity contribution is 6.36. The lowest BCUT2D eigenvalue weighted by molar-refractivity contribution is 0.0735.